The quantitative estimate of drug-likeness (QED) is 0.732. The molecule has 1 heterocycles. The van der Waals surface area contributed by atoms with Gasteiger partial charge in [-0.25, -0.2) is 4.79 Å². The van der Waals surface area contributed by atoms with Crippen LogP contribution in [0.3, 0.4) is 0 Å². The van der Waals surface area contributed by atoms with Crippen LogP contribution in [0.5, 0.6) is 5.75 Å². The highest BCUT2D eigenvalue weighted by molar-refractivity contribution is 6.35. The Hall–Kier alpha value is -1.85. The summed E-state index contributed by atoms with van der Waals surface area (Å²) in [6.45, 7) is 2.04. The molecule has 6 heteroatoms. The number of rotatable bonds is 7. The van der Waals surface area contributed by atoms with E-state index in [9.17, 15) is 4.79 Å². The molecule has 1 atom stereocenters. The Morgan fingerprint density at radius 1 is 1.36 bits per heavy atom. The van der Waals surface area contributed by atoms with Crippen LogP contribution in [0.2, 0.25) is 5.02 Å². The molecular weight excluding hydrogens is 306 g/mol. The number of hydrogen-bond acceptors (Lipinski definition) is 5. The van der Waals surface area contributed by atoms with Gasteiger partial charge in [-0.3, -0.25) is 4.98 Å². The van der Waals surface area contributed by atoms with Crippen molar-refractivity contribution in [1.29, 1.82) is 0 Å². The monoisotopic (exact) mass is 323 g/mol. The van der Waals surface area contributed by atoms with Gasteiger partial charge in [-0.1, -0.05) is 11.6 Å². The number of nitrogens with zero attached hydrogens (tertiary/aromatic N) is 1. The summed E-state index contributed by atoms with van der Waals surface area (Å²) in [5.41, 5.74) is 0.621. The first-order valence-electron chi connectivity index (χ1n) is 6.96. The van der Waals surface area contributed by atoms with Crippen molar-refractivity contribution in [3.05, 3.63) is 35.5 Å². The van der Waals surface area contributed by atoms with Crippen LogP contribution in [0.15, 0.2) is 30.5 Å². The fraction of sp³-hybridized carbons (Fsp3) is 0.375. The van der Waals surface area contributed by atoms with Crippen LogP contribution < -0.4 is 4.74 Å². The van der Waals surface area contributed by atoms with E-state index < -0.39 is 5.97 Å². The second-order valence-corrected chi connectivity index (χ2v) is 5.20. The minimum absolute atomic E-state index is 0.0538. The molecule has 5 nitrogen and oxygen atoms in total. The number of carbonyl (C=O) groups is 1. The van der Waals surface area contributed by atoms with E-state index in [0.29, 0.717) is 29.3 Å². The smallest absolute Gasteiger partial charge is 0.344 e. The molecule has 1 aromatic heterocycles. The Balaban J connectivity index is 1.92. The fourth-order valence-electron chi connectivity index (χ4n) is 1.86. The van der Waals surface area contributed by atoms with Crippen LogP contribution in [0.4, 0.5) is 0 Å². The molecule has 0 bridgehead atoms. The van der Waals surface area contributed by atoms with Gasteiger partial charge in [0.15, 0.2) is 6.61 Å². The first-order valence-corrected chi connectivity index (χ1v) is 7.34. The van der Waals surface area contributed by atoms with Gasteiger partial charge < -0.3 is 14.2 Å². The lowest BCUT2D eigenvalue weighted by atomic mass is 10.2. The second-order valence-electron chi connectivity index (χ2n) is 4.79. The molecule has 2 aromatic rings. The summed E-state index contributed by atoms with van der Waals surface area (Å²) in [6.07, 6.45) is 2.35. The number of pyridine rings is 1. The summed E-state index contributed by atoms with van der Waals surface area (Å²) in [6, 6.07) is 7.05. The number of methoxy groups -OCH3 is 1. The molecule has 0 saturated carbocycles. The lowest BCUT2D eigenvalue weighted by molar-refractivity contribution is -0.146. The van der Waals surface area contributed by atoms with Gasteiger partial charge in [-0.05, 0) is 31.2 Å². The highest BCUT2D eigenvalue weighted by Gasteiger charge is 2.10. The molecule has 1 aromatic carbocycles. The van der Waals surface area contributed by atoms with E-state index >= 15 is 0 Å². The van der Waals surface area contributed by atoms with Gasteiger partial charge in [0.1, 0.15) is 11.3 Å². The Morgan fingerprint density at radius 2 is 2.18 bits per heavy atom. The second kappa shape index (κ2) is 7.96. The zero-order chi connectivity index (χ0) is 15.9. The standard InChI is InChI=1S/C16H18ClNO4/c1-11(20-2)7-9-21-15(19)10-22-14-6-5-13(17)12-4-3-8-18-16(12)14/h3-6,8,11H,7,9-10H2,1-2H3. The summed E-state index contributed by atoms with van der Waals surface area (Å²) in [5, 5.41) is 1.37. The number of aromatic nitrogens is 1. The van der Waals surface area contributed by atoms with Crippen molar-refractivity contribution in [2.75, 3.05) is 20.3 Å². The molecule has 118 valence electrons. The SMILES string of the molecule is COC(C)CCOC(=O)COc1ccc(Cl)c2cccnc12. The lowest BCUT2D eigenvalue weighted by Gasteiger charge is -2.11. The molecule has 0 saturated heterocycles. The van der Waals surface area contributed by atoms with Crippen LogP contribution in [-0.2, 0) is 14.3 Å². The predicted octanol–water partition coefficient (Wildman–Crippen LogP) is 3.24. The molecule has 2 rings (SSSR count). The van der Waals surface area contributed by atoms with Gasteiger partial charge in [-0.15, -0.1) is 0 Å². The van der Waals surface area contributed by atoms with E-state index in [1.54, 1.807) is 31.5 Å². The third-order valence-electron chi connectivity index (χ3n) is 3.21. The number of benzene rings is 1. The van der Waals surface area contributed by atoms with Crippen molar-refractivity contribution in [2.24, 2.45) is 0 Å². The number of ether oxygens (including phenoxy) is 3. The largest absolute Gasteiger partial charge is 0.480 e. The molecule has 0 radical (unpaired) electrons. The molecule has 0 aliphatic heterocycles. The number of carbonyl (C=O) groups excluding carboxylic acids is 1. The van der Waals surface area contributed by atoms with E-state index in [0.717, 1.165) is 5.39 Å². The minimum atomic E-state index is -0.428. The first-order chi connectivity index (χ1) is 10.6. The third-order valence-corrected chi connectivity index (χ3v) is 3.54. The average Bonchev–Trinajstić information content (AvgIpc) is 2.54. The van der Waals surface area contributed by atoms with E-state index in [1.807, 2.05) is 13.0 Å². The zero-order valence-corrected chi connectivity index (χ0v) is 13.3. The Bertz CT molecular complexity index is 647. The lowest BCUT2D eigenvalue weighted by Crippen LogP contribution is -2.18. The molecule has 0 spiro atoms. The Labute approximate surface area is 134 Å². The first kappa shape index (κ1) is 16.5. The van der Waals surface area contributed by atoms with Crippen LogP contribution in [0, 0.1) is 0 Å². The number of hydrogen-bond donors (Lipinski definition) is 0. The van der Waals surface area contributed by atoms with Crippen LogP contribution in [0.25, 0.3) is 10.9 Å². The normalized spacial score (nSPS) is 12.1. The van der Waals surface area contributed by atoms with Crippen LogP contribution in [0.1, 0.15) is 13.3 Å². The summed E-state index contributed by atoms with van der Waals surface area (Å²) in [7, 11) is 1.62. The van der Waals surface area contributed by atoms with Crippen molar-refractivity contribution in [3.63, 3.8) is 0 Å². The van der Waals surface area contributed by atoms with Crippen molar-refractivity contribution < 1.29 is 19.0 Å². The topological polar surface area (TPSA) is 57.7 Å². The van der Waals surface area contributed by atoms with E-state index in [1.165, 1.54) is 0 Å². The van der Waals surface area contributed by atoms with Gasteiger partial charge in [0.25, 0.3) is 0 Å². The summed E-state index contributed by atoms with van der Waals surface area (Å²) in [5.74, 6) is 0.0737. The highest BCUT2D eigenvalue weighted by Crippen LogP contribution is 2.29. The fourth-order valence-corrected chi connectivity index (χ4v) is 2.08. The van der Waals surface area contributed by atoms with Gasteiger partial charge >= 0.3 is 5.97 Å². The van der Waals surface area contributed by atoms with Gasteiger partial charge in [-0.2, -0.15) is 0 Å². The van der Waals surface area contributed by atoms with Crippen molar-refractivity contribution in [1.82, 2.24) is 4.98 Å². The maximum absolute atomic E-state index is 11.7. The van der Waals surface area contributed by atoms with Crippen LogP contribution in [-0.4, -0.2) is 37.4 Å². The molecule has 0 aliphatic carbocycles. The van der Waals surface area contributed by atoms with Crippen molar-refractivity contribution in [3.8, 4) is 5.75 Å². The predicted molar refractivity (Wildman–Crippen MR) is 84.3 cm³/mol. The summed E-state index contributed by atoms with van der Waals surface area (Å²) < 4.78 is 15.7. The molecule has 0 aliphatic rings. The number of halogens is 1. The average molecular weight is 324 g/mol. The van der Waals surface area contributed by atoms with E-state index in [2.05, 4.69) is 4.98 Å². The Morgan fingerprint density at radius 3 is 2.95 bits per heavy atom. The molecule has 0 amide bonds. The van der Waals surface area contributed by atoms with Gasteiger partial charge in [0.2, 0.25) is 0 Å². The number of esters is 1. The summed E-state index contributed by atoms with van der Waals surface area (Å²) >= 11 is 6.10. The third kappa shape index (κ3) is 4.32. The molecule has 0 N–H and O–H groups in total. The van der Waals surface area contributed by atoms with Crippen molar-refractivity contribution >= 4 is 28.5 Å². The Kier molecular flexibility index (Phi) is 5.98. The van der Waals surface area contributed by atoms with E-state index in [-0.39, 0.29) is 12.7 Å². The molecule has 1 unspecified atom stereocenters. The molecular formula is C16H18ClNO4. The maximum atomic E-state index is 11.7. The van der Waals surface area contributed by atoms with Crippen LogP contribution >= 0.6 is 11.6 Å². The van der Waals surface area contributed by atoms with Crippen molar-refractivity contribution in [2.45, 2.75) is 19.4 Å². The van der Waals surface area contributed by atoms with E-state index in [4.69, 9.17) is 25.8 Å². The van der Waals surface area contributed by atoms with Gasteiger partial charge in [0.05, 0.1) is 17.7 Å². The maximum Gasteiger partial charge on any atom is 0.344 e. The minimum Gasteiger partial charge on any atom is -0.480 e. The van der Waals surface area contributed by atoms with Gasteiger partial charge in [0, 0.05) is 25.1 Å². The molecule has 0 fully saturated rings. The number of fused-ring (bicyclic) bond motifs is 1. The zero-order valence-electron chi connectivity index (χ0n) is 12.5. The molecule has 22 heavy (non-hydrogen) atoms. The highest BCUT2D eigenvalue weighted by atomic mass is 35.5. The summed E-state index contributed by atoms with van der Waals surface area (Å²) in [4.78, 5) is 15.9.